The molecule has 0 atom stereocenters. The minimum absolute atomic E-state index is 0.316. The monoisotopic (exact) mass is 291 g/mol. The van der Waals surface area contributed by atoms with Crippen LogP contribution in [0, 0.1) is 13.8 Å². The zero-order chi connectivity index (χ0) is 14.5. The molecule has 0 fully saturated rings. The van der Waals surface area contributed by atoms with Crippen LogP contribution in [0.15, 0.2) is 6.20 Å². The van der Waals surface area contributed by atoms with E-state index in [9.17, 15) is 0 Å². The molecule has 0 spiro atoms. The predicted molar refractivity (Wildman–Crippen MR) is 84.2 cm³/mol. The van der Waals surface area contributed by atoms with E-state index >= 15 is 0 Å². The molecule has 5 nitrogen and oxygen atoms in total. The van der Waals surface area contributed by atoms with Crippen molar-refractivity contribution in [2.24, 2.45) is 0 Å². The third kappa shape index (κ3) is 3.66. The third-order valence-electron chi connectivity index (χ3n) is 3.20. The summed E-state index contributed by atoms with van der Waals surface area (Å²) in [7, 11) is 0. The molecule has 2 aromatic heterocycles. The number of thiazole rings is 1. The first-order valence-corrected chi connectivity index (χ1v) is 7.70. The number of hydrogen-bond donors (Lipinski definition) is 2. The number of nitrogens with two attached hydrogens (primary N) is 1. The molecule has 0 saturated heterocycles. The van der Waals surface area contributed by atoms with Crippen LogP contribution < -0.4 is 11.1 Å². The second-order valence-corrected chi connectivity index (χ2v) is 6.02. The molecule has 2 aromatic rings. The second kappa shape index (κ2) is 6.65. The molecule has 3 N–H and O–H groups in total. The number of anilines is 2. The Morgan fingerprint density at radius 1 is 1.30 bits per heavy atom. The lowest BCUT2D eigenvalue weighted by Gasteiger charge is -2.09. The molecular weight excluding hydrogens is 270 g/mol. The van der Waals surface area contributed by atoms with E-state index in [4.69, 9.17) is 5.73 Å². The van der Waals surface area contributed by atoms with E-state index < -0.39 is 0 Å². The quantitative estimate of drug-likeness (QED) is 0.800. The maximum Gasteiger partial charge on any atom is 0.221 e. The number of hydrogen-bond acceptors (Lipinski definition) is 6. The van der Waals surface area contributed by atoms with Gasteiger partial charge in [0.15, 0.2) is 0 Å². The van der Waals surface area contributed by atoms with Gasteiger partial charge in [-0.1, -0.05) is 6.92 Å². The number of aromatic nitrogens is 3. The largest absolute Gasteiger partial charge is 0.370 e. The highest BCUT2D eigenvalue weighted by Gasteiger charge is 2.05. The summed E-state index contributed by atoms with van der Waals surface area (Å²) < 4.78 is 0. The lowest BCUT2D eigenvalue weighted by Crippen LogP contribution is -2.09. The van der Waals surface area contributed by atoms with E-state index in [0.29, 0.717) is 5.95 Å². The Morgan fingerprint density at radius 3 is 2.75 bits per heavy atom. The maximum atomic E-state index is 5.63. The molecule has 2 heterocycles. The lowest BCUT2D eigenvalue weighted by molar-refractivity contribution is 0.844. The van der Waals surface area contributed by atoms with E-state index in [0.717, 1.165) is 42.9 Å². The standard InChI is InChI=1S/C14H21N5S/c1-4-11-8-17-14(15)19-13(11)16-7-5-6-12-18-9(2)10(3)20-12/h8H,4-7H2,1-3H3,(H3,15,16,17,19). The van der Waals surface area contributed by atoms with Gasteiger partial charge in [-0.05, 0) is 26.7 Å². The van der Waals surface area contributed by atoms with Gasteiger partial charge >= 0.3 is 0 Å². The number of nitrogens with one attached hydrogen (secondary N) is 1. The zero-order valence-corrected chi connectivity index (χ0v) is 13.0. The number of aryl methyl sites for hydroxylation is 4. The first kappa shape index (κ1) is 14.7. The smallest absolute Gasteiger partial charge is 0.221 e. The van der Waals surface area contributed by atoms with Crippen LogP contribution >= 0.6 is 11.3 Å². The minimum atomic E-state index is 0.316. The summed E-state index contributed by atoms with van der Waals surface area (Å²) in [4.78, 5) is 14.1. The van der Waals surface area contributed by atoms with Crippen molar-refractivity contribution in [2.75, 3.05) is 17.6 Å². The summed E-state index contributed by atoms with van der Waals surface area (Å²) in [5, 5.41) is 4.55. The highest BCUT2D eigenvalue weighted by molar-refractivity contribution is 7.11. The molecule has 0 saturated carbocycles. The molecule has 0 aromatic carbocycles. The summed E-state index contributed by atoms with van der Waals surface area (Å²) in [6, 6.07) is 0. The normalized spacial score (nSPS) is 10.8. The van der Waals surface area contributed by atoms with Crippen molar-refractivity contribution in [3.8, 4) is 0 Å². The van der Waals surface area contributed by atoms with Crippen molar-refractivity contribution < 1.29 is 0 Å². The summed E-state index contributed by atoms with van der Waals surface area (Å²) >= 11 is 1.79. The van der Waals surface area contributed by atoms with Crippen molar-refractivity contribution in [1.82, 2.24) is 15.0 Å². The number of nitrogen functional groups attached to an aromatic ring is 1. The van der Waals surface area contributed by atoms with Crippen LogP contribution in [-0.2, 0) is 12.8 Å². The molecule has 108 valence electrons. The van der Waals surface area contributed by atoms with Gasteiger partial charge in [0, 0.05) is 29.6 Å². The average molecular weight is 291 g/mol. The van der Waals surface area contributed by atoms with Gasteiger partial charge < -0.3 is 11.1 Å². The summed E-state index contributed by atoms with van der Waals surface area (Å²) in [6.45, 7) is 7.12. The number of rotatable bonds is 6. The molecule has 0 amide bonds. The van der Waals surface area contributed by atoms with Gasteiger partial charge in [0.1, 0.15) is 5.82 Å². The molecule has 0 aliphatic rings. The van der Waals surface area contributed by atoms with Gasteiger partial charge in [-0.3, -0.25) is 0 Å². The molecule has 0 aliphatic carbocycles. The summed E-state index contributed by atoms with van der Waals surface area (Å²) in [5.41, 5.74) is 7.87. The fourth-order valence-electron chi connectivity index (χ4n) is 1.92. The van der Waals surface area contributed by atoms with Gasteiger partial charge in [0.2, 0.25) is 5.95 Å². The maximum absolute atomic E-state index is 5.63. The molecule has 0 aliphatic heterocycles. The van der Waals surface area contributed by atoms with E-state index in [1.54, 1.807) is 17.5 Å². The fourth-order valence-corrected chi connectivity index (χ4v) is 2.90. The first-order valence-electron chi connectivity index (χ1n) is 6.88. The fraction of sp³-hybridized carbons (Fsp3) is 0.500. The van der Waals surface area contributed by atoms with Crippen LogP contribution in [0.2, 0.25) is 0 Å². The summed E-state index contributed by atoms with van der Waals surface area (Å²) in [6.07, 6.45) is 4.71. The first-order chi connectivity index (χ1) is 9.60. The average Bonchev–Trinajstić information content (AvgIpc) is 2.74. The minimum Gasteiger partial charge on any atom is -0.370 e. The van der Waals surface area contributed by atoms with Crippen LogP contribution in [0.25, 0.3) is 0 Å². The van der Waals surface area contributed by atoms with Crippen LogP contribution in [-0.4, -0.2) is 21.5 Å². The molecule has 6 heteroatoms. The van der Waals surface area contributed by atoms with E-state index in [1.165, 1.54) is 9.88 Å². The topological polar surface area (TPSA) is 76.7 Å². The van der Waals surface area contributed by atoms with Crippen molar-refractivity contribution in [2.45, 2.75) is 40.0 Å². The Balaban J connectivity index is 1.85. The van der Waals surface area contributed by atoms with Crippen molar-refractivity contribution in [3.63, 3.8) is 0 Å². The van der Waals surface area contributed by atoms with Crippen LogP contribution in [0.5, 0.6) is 0 Å². The van der Waals surface area contributed by atoms with E-state index in [2.05, 4.69) is 41.0 Å². The zero-order valence-electron chi connectivity index (χ0n) is 12.2. The SMILES string of the molecule is CCc1cnc(N)nc1NCCCc1nc(C)c(C)s1. The van der Waals surface area contributed by atoms with Gasteiger partial charge in [-0.15, -0.1) is 11.3 Å². The van der Waals surface area contributed by atoms with Gasteiger partial charge in [0.25, 0.3) is 0 Å². The Hall–Kier alpha value is -1.69. The predicted octanol–water partition coefficient (Wildman–Crippen LogP) is 2.74. The Morgan fingerprint density at radius 2 is 2.10 bits per heavy atom. The highest BCUT2D eigenvalue weighted by atomic mass is 32.1. The molecule has 0 radical (unpaired) electrons. The Kier molecular flexibility index (Phi) is 4.89. The number of nitrogens with zero attached hydrogens (tertiary/aromatic N) is 3. The van der Waals surface area contributed by atoms with Gasteiger partial charge in [0.05, 0.1) is 10.7 Å². The van der Waals surface area contributed by atoms with Crippen molar-refractivity contribution in [1.29, 1.82) is 0 Å². The highest BCUT2D eigenvalue weighted by Crippen LogP contribution is 2.18. The van der Waals surface area contributed by atoms with Crippen molar-refractivity contribution in [3.05, 3.63) is 27.3 Å². The molecule has 20 heavy (non-hydrogen) atoms. The van der Waals surface area contributed by atoms with E-state index in [1.807, 2.05) is 0 Å². The molecule has 0 unspecified atom stereocenters. The third-order valence-corrected chi connectivity index (χ3v) is 4.33. The lowest BCUT2D eigenvalue weighted by atomic mass is 10.2. The Bertz CT molecular complexity index is 559. The molecule has 0 bridgehead atoms. The van der Waals surface area contributed by atoms with Crippen LogP contribution in [0.1, 0.15) is 34.5 Å². The van der Waals surface area contributed by atoms with E-state index in [-0.39, 0.29) is 0 Å². The van der Waals surface area contributed by atoms with Crippen molar-refractivity contribution >= 4 is 23.1 Å². The molecule has 2 rings (SSSR count). The van der Waals surface area contributed by atoms with Crippen LogP contribution in [0.3, 0.4) is 0 Å². The van der Waals surface area contributed by atoms with Crippen LogP contribution in [0.4, 0.5) is 11.8 Å². The molecular formula is C14H21N5S. The summed E-state index contributed by atoms with van der Waals surface area (Å²) in [5.74, 6) is 1.17. The van der Waals surface area contributed by atoms with Gasteiger partial charge in [-0.25, -0.2) is 9.97 Å². The van der Waals surface area contributed by atoms with Gasteiger partial charge in [-0.2, -0.15) is 4.98 Å². The Labute approximate surface area is 123 Å². The second-order valence-electron chi connectivity index (χ2n) is 4.74.